The molecule has 0 aromatic rings. The largest absolute Gasteiger partial charge is 1.00 e. The van der Waals surface area contributed by atoms with E-state index in [1.54, 1.807) is 0 Å². The van der Waals surface area contributed by atoms with Crippen LogP contribution in [-0.2, 0) is 0 Å². The molecule has 124 valence electrons. The Labute approximate surface area is 135 Å². The predicted octanol–water partition coefficient (Wildman–Crippen LogP) is 2.79. The van der Waals surface area contributed by atoms with Crippen LogP contribution in [0.4, 0.5) is 0 Å². The summed E-state index contributed by atoms with van der Waals surface area (Å²) < 4.78 is 1.42. The molecule has 2 heteroatoms. The standard InChI is InChI=1S/C18H40N.ClH/c1-5-9-11-13-17-19(15-7-3,16-8-4)18-14-12-10-6-2;/h5-18H2,1-4H3;1H/q+1;/p-1. The van der Waals surface area contributed by atoms with Crippen molar-refractivity contribution in [3.05, 3.63) is 0 Å². The Morgan fingerprint density at radius 2 is 0.850 bits per heavy atom. The second-order valence-corrected chi connectivity index (χ2v) is 6.36. The average molecular weight is 306 g/mol. The van der Waals surface area contributed by atoms with Gasteiger partial charge in [-0.3, -0.25) is 0 Å². The topological polar surface area (TPSA) is 0 Å². The maximum atomic E-state index is 2.36. The number of hydrogen-bond donors (Lipinski definition) is 0. The van der Waals surface area contributed by atoms with E-state index in [2.05, 4.69) is 27.7 Å². The first-order valence-corrected chi connectivity index (χ1v) is 9.09. The molecule has 0 rings (SSSR count). The molecule has 0 radical (unpaired) electrons. The highest BCUT2D eigenvalue weighted by Crippen LogP contribution is 2.16. The van der Waals surface area contributed by atoms with Crippen molar-refractivity contribution in [2.75, 3.05) is 26.2 Å². The fourth-order valence-corrected chi connectivity index (χ4v) is 3.37. The van der Waals surface area contributed by atoms with Crippen molar-refractivity contribution < 1.29 is 16.9 Å². The van der Waals surface area contributed by atoms with Gasteiger partial charge in [-0.05, 0) is 38.5 Å². The fourth-order valence-electron chi connectivity index (χ4n) is 3.37. The van der Waals surface area contributed by atoms with Crippen LogP contribution in [0.5, 0.6) is 0 Å². The lowest BCUT2D eigenvalue weighted by molar-refractivity contribution is -0.928. The van der Waals surface area contributed by atoms with Gasteiger partial charge in [0, 0.05) is 0 Å². The second kappa shape index (κ2) is 15.6. The van der Waals surface area contributed by atoms with Crippen molar-refractivity contribution in [1.82, 2.24) is 0 Å². The molecule has 20 heavy (non-hydrogen) atoms. The summed E-state index contributed by atoms with van der Waals surface area (Å²) >= 11 is 0. The lowest BCUT2D eigenvalue weighted by Crippen LogP contribution is -3.00. The summed E-state index contributed by atoms with van der Waals surface area (Å²) in [4.78, 5) is 0. The molecule has 0 aromatic carbocycles. The molecule has 0 bridgehead atoms. The number of unbranched alkanes of at least 4 members (excludes halogenated alkanes) is 6. The van der Waals surface area contributed by atoms with Crippen LogP contribution in [0.2, 0.25) is 0 Å². The number of rotatable bonds is 14. The molecule has 0 saturated carbocycles. The van der Waals surface area contributed by atoms with Gasteiger partial charge in [-0.15, -0.1) is 0 Å². The van der Waals surface area contributed by atoms with Gasteiger partial charge in [-0.2, -0.15) is 0 Å². The van der Waals surface area contributed by atoms with Gasteiger partial charge in [-0.1, -0.05) is 53.4 Å². The van der Waals surface area contributed by atoms with Crippen molar-refractivity contribution in [1.29, 1.82) is 0 Å². The Kier molecular flexibility index (Phi) is 17.6. The first kappa shape index (κ1) is 22.5. The van der Waals surface area contributed by atoms with E-state index in [0.29, 0.717) is 0 Å². The maximum absolute atomic E-state index is 2.36. The van der Waals surface area contributed by atoms with Crippen molar-refractivity contribution in [3.63, 3.8) is 0 Å². The minimum atomic E-state index is 0. The van der Waals surface area contributed by atoms with Crippen LogP contribution in [0, 0.1) is 0 Å². The van der Waals surface area contributed by atoms with Gasteiger partial charge in [-0.25, -0.2) is 0 Å². The minimum Gasteiger partial charge on any atom is -1.00 e. The van der Waals surface area contributed by atoms with Gasteiger partial charge in [0.1, 0.15) is 0 Å². The molecule has 0 fully saturated rings. The van der Waals surface area contributed by atoms with E-state index >= 15 is 0 Å². The summed E-state index contributed by atoms with van der Waals surface area (Å²) in [6.45, 7) is 15.0. The highest BCUT2D eigenvalue weighted by atomic mass is 35.5. The Morgan fingerprint density at radius 1 is 0.450 bits per heavy atom. The number of quaternary nitrogens is 1. The Balaban J connectivity index is 0. The summed E-state index contributed by atoms with van der Waals surface area (Å²) in [6, 6.07) is 0. The van der Waals surface area contributed by atoms with Crippen LogP contribution in [0.3, 0.4) is 0 Å². The van der Waals surface area contributed by atoms with Crippen LogP contribution < -0.4 is 12.4 Å². The zero-order valence-corrected chi connectivity index (χ0v) is 15.5. The van der Waals surface area contributed by atoms with Gasteiger partial charge in [0.15, 0.2) is 0 Å². The summed E-state index contributed by atoms with van der Waals surface area (Å²) in [5, 5.41) is 0. The van der Waals surface area contributed by atoms with Gasteiger partial charge in [0.2, 0.25) is 0 Å². The molecule has 0 heterocycles. The van der Waals surface area contributed by atoms with Crippen LogP contribution in [-0.4, -0.2) is 30.7 Å². The summed E-state index contributed by atoms with van der Waals surface area (Å²) in [6.07, 6.45) is 14.0. The molecular formula is C18H40ClN. The highest BCUT2D eigenvalue weighted by Gasteiger charge is 2.24. The molecule has 0 aliphatic heterocycles. The molecule has 0 aliphatic carbocycles. The molecule has 0 amide bonds. The van der Waals surface area contributed by atoms with Crippen LogP contribution in [0.1, 0.15) is 91.9 Å². The van der Waals surface area contributed by atoms with E-state index in [1.165, 1.54) is 94.9 Å². The number of halogens is 1. The molecule has 0 unspecified atom stereocenters. The molecule has 1 nitrogen and oxygen atoms in total. The molecule has 0 aliphatic rings. The van der Waals surface area contributed by atoms with E-state index in [9.17, 15) is 0 Å². The molecular weight excluding hydrogens is 266 g/mol. The van der Waals surface area contributed by atoms with Crippen molar-refractivity contribution >= 4 is 0 Å². The van der Waals surface area contributed by atoms with Crippen molar-refractivity contribution in [2.45, 2.75) is 91.9 Å². The van der Waals surface area contributed by atoms with Crippen LogP contribution >= 0.6 is 0 Å². The average Bonchev–Trinajstić information content (AvgIpc) is 2.41. The van der Waals surface area contributed by atoms with Crippen LogP contribution in [0.25, 0.3) is 0 Å². The smallest absolute Gasteiger partial charge is 0.0786 e. The van der Waals surface area contributed by atoms with Gasteiger partial charge < -0.3 is 16.9 Å². The van der Waals surface area contributed by atoms with E-state index in [1.807, 2.05) is 0 Å². The minimum absolute atomic E-state index is 0. The zero-order valence-electron chi connectivity index (χ0n) is 14.7. The summed E-state index contributed by atoms with van der Waals surface area (Å²) in [5.74, 6) is 0. The van der Waals surface area contributed by atoms with Gasteiger partial charge in [0.05, 0.1) is 26.2 Å². The van der Waals surface area contributed by atoms with E-state index < -0.39 is 0 Å². The SMILES string of the molecule is CCCCCC[N+](CCC)(CCC)CCCCCC.[Cl-]. The van der Waals surface area contributed by atoms with E-state index in [4.69, 9.17) is 0 Å². The molecule has 0 spiro atoms. The van der Waals surface area contributed by atoms with Gasteiger partial charge in [0.25, 0.3) is 0 Å². The van der Waals surface area contributed by atoms with Crippen LogP contribution in [0.15, 0.2) is 0 Å². The molecule has 0 aromatic heterocycles. The second-order valence-electron chi connectivity index (χ2n) is 6.36. The molecule has 0 atom stereocenters. The number of nitrogens with zero attached hydrogens (tertiary/aromatic N) is 1. The van der Waals surface area contributed by atoms with Crippen molar-refractivity contribution in [3.8, 4) is 0 Å². The molecule has 0 N–H and O–H groups in total. The Hall–Kier alpha value is 0.250. The van der Waals surface area contributed by atoms with E-state index in [0.717, 1.165) is 0 Å². The number of hydrogen-bond acceptors (Lipinski definition) is 0. The Morgan fingerprint density at radius 3 is 1.15 bits per heavy atom. The monoisotopic (exact) mass is 305 g/mol. The lowest BCUT2D eigenvalue weighted by atomic mass is 10.1. The highest BCUT2D eigenvalue weighted by molar-refractivity contribution is 4.50. The normalized spacial score (nSPS) is 11.4. The van der Waals surface area contributed by atoms with E-state index in [-0.39, 0.29) is 12.4 Å². The predicted molar refractivity (Wildman–Crippen MR) is 88.6 cm³/mol. The third-order valence-corrected chi connectivity index (χ3v) is 4.37. The zero-order chi connectivity index (χ0) is 14.4. The quantitative estimate of drug-likeness (QED) is 0.342. The first-order chi connectivity index (χ1) is 9.24. The van der Waals surface area contributed by atoms with Crippen molar-refractivity contribution in [2.24, 2.45) is 0 Å². The summed E-state index contributed by atoms with van der Waals surface area (Å²) in [7, 11) is 0. The Bertz CT molecular complexity index is 162. The first-order valence-electron chi connectivity index (χ1n) is 9.09. The fraction of sp³-hybridized carbons (Fsp3) is 1.00. The molecule has 0 saturated heterocycles. The maximum Gasteiger partial charge on any atom is 0.0786 e. The lowest BCUT2D eigenvalue weighted by Gasteiger charge is -2.39. The third kappa shape index (κ3) is 11.0. The third-order valence-electron chi connectivity index (χ3n) is 4.37. The summed E-state index contributed by atoms with van der Waals surface area (Å²) in [5.41, 5.74) is 0. The van der Waals surface area contributed by atoms with Gasteiger partial charge >= 0.3 is 0 Å².